The fourth-order valence-corrected chi connectivity index (χ4v) is 2.93. The SMILES string of the molecule is CCCCCNC(=O)C1CCN(C(=O)/C=C/c2ccccc2)CC1. The molecule has 1 heterocycles. The van der Waals surface area contributed by atoms with Gasteiger partial charge in [0.1, 0.15) is 0 Å². The molecule has 0 saturated carbocycles. The van der Waals surface area contributed by atoms with Gasteiger partial charge in [0.25, 0.3) is 0 Å². The van der Waals surface area contributed by atoms with Crippen molar-refractivity contribution in [3.63, 3.8) is 0 Å². The van der Waals surface area contributed by atoms with Gasteiger partial charge in [0.15, 0.2) is 0 Å². The van der Waals surface area contributed by atoms with Crippen LogP contribution < -0.4 is 5.32 Å². The lowest BCUT2D eigenvalue weighted by molar-refractivity contribution is -0.132. The molecule has 4 nitrogen and oxygen atoms in total. The van der Waals surface area contributed by atoms with Crippen LogP contribution in [0.4, 0.5) is 0 Å². The lowest BCUT2D eigenvalue weighted by atomic mass is 9.95. The highest BCUT2D eigenvalue weighted by molar-refractivity contribution is 5.92. The van der Waals surface area contributed by atoms with Crippen molar-refractivity contribution in [3.8, 4) is 0 Å². The molecular formula is C20H28N2O2. The summed E-state index contributed by atoms with van der Waals surface area (Å²) in [6.45, 7) is 4.24. The molecule has 1 aliphatic heterocycles. The smallest absolute Gasteiger partial charge is 0.246 e. The Kier molecular flexibility index (Phi) is 7.53. The van der Waals surface area contributed by atoms with Crippen molar-refractivity contribution in [2.75, 3.05) is 19.6 Å². The molecular weight excluding hydrogens is 300 g/mol. The molecule has 2 amide bonds. The zero-order chi connectivity index (χ0) is 17.2. The highest BCUT2D eigenvalue weighted by Gasteiger charge is 2.26. The van der Waals surface area contributed by atoms with E-state index < -0.39 is 0 Å². The molecule has 0 radical (unpaired) electrons. The third-order valence-corrected chi connectivity index (χ3v) is 4.47. The van der Waals surface area contributed by atoms with Gasteiger partial charge in [0.05, 0.1) is 0 Å². The first-order valence-electron chi connectivity index (χ1n) is 9.00. The van der Waals surface area contributed by atoms with Crippen LogP contribution in [0.3, 0.4) is 0 Å². The summed E-state index contributed by atoms with van der Waals surface area (Å²) in [7, 11) is 0. The van der Waals surface area contributed by atoms with E-state index in [0.29, 0.717) is 13.1 Å². The maximum atomic E-state index is 12.2. The van der Waals surface area contributed by atoms with Crippen LogP contribution in [-0.4, -0.2) is 36.3 Å². The molecule has 0 spiro atoms. The molecule has 130 valence electrons. The lowest BCUT2D eigenvalue weighted by Gasteiger charge is -2.30. The lowest BCUT2D eigenvalue weighted by Crippen LogP contribution is -2.42. The summed E-state index contributed by atoms with van der Waals surface area (Å²) >= 11 is 0. The number of amides is 2. The number of unbranched alkanes of at least 4 members (excludes halogenated alkanes) is 2. The number of hydrogen-bond acceptors (Lipinski definition) is 2. The van der Waals surface area contributed by atoms with E-state index in [0.717, 1.165) is 44.2 Å². The summed E-state index contributed by atoms with van der Waals surface area (Å²) in [5.74, 6) is 0.229. The Morgan fingerprint density at radius 1 is 1.17 bits per heavy atom. The summed E-state index contributed by atoms with van der Waals surface area (Å²) in [5.41, 5.74) is 1.02. The number of hydrogen-bond donors (Lipinski definition) is 1. The number of piperidine rings is 1. The number of rotatable bonds is 7. The first-order valence-corrected chi connectivity index (χ1v) is 9.00. The molecule has 0 atom stereocenters. The second-order valence-electron chi connectivity index (χ2n) is 6.34. The summed E-state index contributed by atoms with van der Waals surface area (Å²) in [5, 5.41) is 3.02. The predicted molar refractivity (Wildman–Crippen MR) is 97.3 cm³/mol. The fraction of sp³-hybridized carbons (Fsp3) is 0.500. The van der Waals surface area contributed by atoms with Gasteiger partial charge in [-0.3, -0.25) is 9.59 Å². The predicted octanol–water partition coefficient (Wildman–Crippen LogP) is 3.24. The maximum absolute atomic E-state index is 12.2. The van der Waals surface area contributed by atoms with Gasteiger partial charge >= 0.3 is 0 Å². The number of nitrogens with one attached hydrogen (secondary N) is 1. The van der Waals surface area contributed by atoms with Crippen LogP contribution >= 0.6 is 0 Å². The van der Waals surface area contributed by atoms with E-state index in [1.165, 1.54) is 0 Å². The van der Waals surface area contributed by atoms with E-state index in [9.17, 15) is 9.59 Å². The van der Waals surface area contributed by atoms with E-state index in [4.69, 9.17) is 0 Å². The van der Waals surface area contributed by atoms with E-state index in [-0.39, 0.29) is 17.7 Å². The average Bonchev–Trinajstić information content (AvgIpc) is 2.64. The number of carbonyl (C=O) groups excluding carboxylic acids is 2. The Hall–Kier alpha value is -2.10. The van der Waals surface area contributed by atoms with Crippen LogP contribution in [0.2, 0.25) is 0 Å². The van der Waals surface area contributed by atoms with Gasteiger partial charge in [-0.2, -0.15) is 0 Å². The van der Waals surface area contributed by atoms with Crippen LogP contribution in [0.25, 0.3) is 6.08 Å². The number of carbonyl (C=O) groups is 2. The Morgan fingerprint density at radius 3 is 2.54 bits per heavy atom. The Labute approximate surface area is 144 Å². The Balaban J connectivity index is 1.72. The van der Waals surface area contributed by atoms with Crippen molar-refractivity contribution < 1.29 is 9.59 Å². The molecule has 1 aliphatic rings. The first-order chi connectivity index (χ1) is 11.7. The first kappa shape index (κ1) is 18.2. The van der Waals surface area contributed by atoms with Gasteiger partial charge in [-0.15, -0.1) is 0 Å². The zero-order valence-corrected chi connectivity index (χ0v) is 14.5. The fourth-order valence-electron chi connectivity index (χ4n) is 2.93. The van der Waals surface area contributed by atoms with Crippen LogP contribution in [-0.2, 0) is 9.59 Å². The highest BCUT2D eigenvalue weighted by atomic mass is 16.2. The van der Waals surface area contributed by atoms with Crippen molar-refractivity contribution in [1.82, 2.24) is 10.2 Å². The van der Waals surface area contributed by atoms with Crippen molar-refractivity contribution in [3.05, 3.63) is 42.0 Å². The zero-order valence-electron chi connectivity index (χ0n) is 14.5. The molecule has 4 heteroatoms. The molecule has 24 heavy (non-hydrogen) atoms. The van der Waals surface area contributed by atoms with E-state index >= 15 is 0 Å². The minimum Gasteiger partial charge on any atom is -0.356 e. The van der Waals surface area contributed by atoms with E-state index in [1.807, 2.05) is 41.3 Å². The molecule has 1 saturated heterocycles. The molecule has 2 rings (SSSR count). The molecule has 0 aromatic heterocycles. The largest absolute Gasteiger partial charge is 0.356 e. The van der Waals surface area contributed by atoms with Crippen molar-refractivity contribution >= 4 is 17.9 Å². The quantitative estimate of drug-likeness (QED) is 0.617. The van der Waals surface area contributed by atoms with Crippen LogP contribution in [0, 0.1) is 5.92 Å². The summed E-state index contributed by atoms with van der Waals surface area (Å²) in [4.78, 5) is 26.2. The monoisotopic (exact) mass is 328 g/mol. The standard InChI is InChI=1S/C20H28N2O2/c1-2-3-7-14-21-20(24)18-12-15-22(16-13-18)19(23)11-10-17-8-5-4-6-9-17/h4-6,8-11,18H,2-3,7,12-16H2,1H3,(H,21,24)/b11-10+. The highest BCUT2D eigenvalue weighted by Crippen LogP contribution is 2.18. The molecule has 1 aromatic carbocycles. The van der Waals surface area contributed by atoms with Crippen LogP contribution in [0.5, 0.6) is 0 Å². The Bertz CT molecular complexity index is 546. The summed E-state index contributed by atoms with van der Waals surface area (Å²) in [6.07, 6.45) is 8.34. The van der Waals surface area contributed by atoms with Gasteiger partial charge < -0.3 is 10.2 Å². The summed E-state index contributed by atoms with van der Waals surface area (Å²) < 4.78 is 0. The minimum atomic E-state index is 0.0284. The van der Waals surface area contributed by atoms with Gasteiger partial charge in [-0.1, -0.05) is 50.1 Å². The van der Waals surface area contributed by atoms with Gasteiger partial charge in [-0.05, 0) is 30.9 Å². The summed E-state index contributed by atoms with van der Waals surface area (Å²) in [6, 6.07) is 9.80. The molecule has 1 fully saturated rings. The normalized spacial score (nSPS) is 15.6. The van der Waals surface area contributed by atoms with E-state index in [1.54, 1.807) is 6.08 Å². The topological polar surface area (TPSA) is 49.4 Å². The third kappa shape index (κ3) is 5.84. The minimum absolute atomic E-state index is 0.0284. The van der Waals surface area contributed by atoms with Crippen LogP contribution in [0.1, 0.15) is 44.6 Å². The average molecular weight is 328 g/mol. The number of nitrogens with zero attached hydrogens (tertiary/aromatic N) is 1. The van der Waals surface area contributed by atoms with Crippen molar-refractivity contribution in [1.29, 1.82) is 0 Å². The van der Waals surface area contributed by atoms with Crippen molar-refractivity contribution in [2.24, 2.45) is 5.92 Å². The second-order valence-corrected chi connectivity index (χ2v) is 6.34. The third-order valence-electron chi connectivity index (χ3n) is 4.47. The molecule has 0 unspecified atom stereocenters. The number of likely N-dealkylation sites (tertiary alicyclic amines) is 1. The number of benzene rings is 1. The molecule has 1 N–H and O–H groups in total. The second kappa shape index (κ2) is 9.91. The molecule has 0 bridgehead atoms. The Morgan fingerprint density at radius 2 is 1.88 bits per heavy atom. The van der Waals surface area contributed by atoms with Crippen LogP contribution in [0.15, 0.2) is 36.4 Å². The molecule has 1 aromatic rings. The molecule has 0 aliphatic carbocycles. The maximum Gasteiger partial charge on any atom is 0.246 e. The van der Waals surface area contributed by atoms with Gasteiger partial charge in [-0.25, -0.2) is 0 Å². The van der Waals surface area contributed by atoms with Gasteiger partial charge in [0, 0.05) is 31.6 Å². The van der Waals surface area contributed by atoms with Gasteiger partial charge in [0.2, 0.25) is 11.8 Å². The van der Waals surface area contributed by atoms with E-state index in [2.05, 4.69) is 12.2 Å². The van der Waals surface area contributed by atoms with Crippen molar-refractivity contribution in [2.45, 2.75) is 39.0 Å².